The van der Waals surface area contributed by atoms with Crippen LogP contribution in [0.4, 0.5) is 5.95 Å². The average molecular weight is 195 g/mol. The summed E-state index contributed by atoms with van der Waals surface area (Å²) in [6.07, 6.45) is 9.12. The monoisotopic (exact) mass is 195 g/mol. The van der Waals surface area contributed by atoms with Crippen molar-refractivity contribution in [2.45, 2.75) is 38.2 Å². The average Bonchev–Trinajstić information content (AvgIpc) is 2.21. The van der Waals surface area contributed by atoms with E-state index in [1.165, 1.54) is 19.3 Å². The molecule has 0 bridgehead atoms. The Balaban J connectivity index is 0.000000140. The summed E-state index contributed by atoms with van der Waals surface area (Å²) in [6.45, 7) is 0. The second-order valence-electron chi connectivity index (χ2n) is 3.40. The molecular weight excluding hydrogens is 178 g/mol. The van der Waals surface area contributed by atoms with Crippen molar-refractivity contribution in [1.29, 1.82) is 0 Å². The molecule has 0 amide bonds. The highest BCUT2D eigenvalue weighted by molar-refractivity contribution is 5.11. The Hall–Kier alpha value is -1.16. The van der Waals surface area contributed by atoms with Crippen LogP contribution in [-0.4, -0.2) is 21.2 Å². The van der Waals surface area contributed by atoms with Gasteiger partial charge in [0, 0.05) is 12.4 Å². The summed E-state index contributed by atoms with van der Waals surface area (Å²) >= 11 is 0. The van der Waals surface area contributed by atoms with E-state index in [9.17, 15) is 0 Å². The van der Waals surface area contributed by atoms with Gasteiger partial charge < -0.3 is 10.8 Å². The predicted octanol–water partition coefficient (Wildman–Crippen LogP) is 1.37. The SMILES string of the molecule is Nc1ncccn1.OC1CCCCC1. The van der Waals surface area contributed by atoms with E-state index in [1.54, 1.807) is 18.5 Å². The molecule has 4 nitrogen and oxygen atoms in total. The van der Waals surface area contributed by atoms with Crippen LogP contribution in [0.5, 0.6) is 0 Å². The van der Waals surface area contributed by atoms with Crippen LogP contribution in [-0.2, 0) is 0 Å². The number of aliphatic hydroxyl groups is 1. The highest BCUT2D eigenvalue weighted by atomic mass is 16.3. The van der Waals surface area contributed by atoms with Crippen LogP contribution in [0, 0.1) is 0 Å². The molecule has 2 rings (SSSR count). The van der Waals surface area contributed by atoms with Crippen molar-refractivity contribution in [2.24, 2.45) is 0 Å². The summed E-state index contributed by atoms with van der Waals surface area (Å²) in [5.74, 6) is 0.322. The minimum absolute atomic E-state index is 0.0359. The molecule has 78 valence electrons. The number of nitrogens with two attached hydrogens (primary N) is 1. The third-order valence-electron chi connectivity index (χ3n) is 2.16. The highest BCUT2D eigenvalue weighted by Gasteiger charge is 2.07. The summed E-state index contributed by atoms with van der Waals surface area (Å²) in [5, 5.41) is 8.91. The smallest absolute Gasteiger partial charge is 0.219 e. The topological polar surface area (TPSA) is 72.0 Å². The van der Waals surface area contributed by atoms with Crippen LogP contribution in [0.25, 0.3) is 0 Å². The summed E-state index contributed by atoms with van der Waals surface area (Å²) in [7, 11) is 0. The lowest BCUT2D eigenvalue weighted by atomic mass is 9.98. The van der Waals surface area contributed by atoms with Crippen molar-refractivity contribution >= 4 is 5.95 Å². The van der Waals surface area contributed by atoms with Gasteiger partial charge in [0.25, 0.3) is 0 Å². The molecule has 0 atom stereocenters. The summed E-state index contributed by atoms with van der Waals surface area (Å²) in [4.78, 5) is 7.29. The molecule has 3 N–H and O–H groups in total. The maximum Gasteiger partial charge on any atom is 0.219 e. The summed E-state index contributed by atoms with van der Waals surface area (Å²) in [5.41, 5.74) is 5.14. The van der Waals surface area contributed by atoms with Gasteiger partial charge >= 0.3 is 0 Å². The fourth-order valence-electron chi connectivity index (χ4n) is 1.39. The van der Waals surface area contributed by atoms with Crippen molar-refractivity contribution in [3.63, 3.8) is 0 Å². The Kier molecular flexibility index (Phi) is 4.93. The molecule has 0 unspecified atom stereocenters. The van der Waals surface area contributed by atoms with E-state index in [0.29, 0.717) is 5.95 Å². The van der Waals surface area contributed by atoms with Gasteiger partial charge in [0.1, 0.15) is 0 Å². The van der Waals surface area contributed by atoms with Gasteiger partial charge in [-0.15, -0.1) is 0 Å². The zero-order chi connectivity index (χ0) is 10.2. The molecule has 1 aliphatic rings. The standard InChI is InChI=1S/C6H12O.C4H5N3/c7-6-4-2-1-3-5-6;5-4-6-2-1-3-7-4/h6-7H,1-5H2;1-3H,(H2,5,6,7). The number of nitrogens with zero attached hydrogens (tertiary/aromatic N) is 2. The van der Waals surface area contributed by atoms with Crippen molar-refractivity contribution in [2.75, 3.05) is 5.73 Å². The lowest BCUT2D eigenvalue weighted by molar-refractivity contribution is 0.130. The highest BCUT2D eigenvalue weighted by Crippen LogP contribution is 2.16. The zero-order valence-corrected chi connectivity index (χ0v) is 8.26. The van der Waals surface area contributed by atoms with E-state index < -0.39 is 0 Å². The van der Waals surface area contributed by atoms with Crippen molar-refractivity contribution < 1.29 is 5.11 Å². The van der Waals surface area contributed by atoms with E-state index in [0.717, 1.165) is 12.8 Å². The first kappa shape index (κ1) is 10.9. The third kappa shape index (κ3) is 4.77. The number of hydrogen-bond acceptors (Lipinski definition) is 4. The lowest BCUT2D eigenvalue weighted by Gasteiger charge is -2.14. The number of rotatable bonds is 0. The van der Waals surface area contributed by atoms with E-state index in [-0.39, 0.29) is 6.10 Å². The van der Waals surface area contributed by atoms with Crippen LogP contribution in [0.2, 0.25) is 0 Å². The molecule has 0 saturated heterocycles. The van der Waals surface area contributed by atoms with Gasteiger partial charge in [-0.3, -0.25) is 0 Å². The molecule has 1 fully saturated rings. The normalized spacial score (nSPS) is 16.9. The van der Waals surface area contributed by atoms with Gasteiger partial charge in [0.2, 0.25) is 5.95 Å². The Morgan fingerprint density at radius 3 is 2.00 bits per heavy atom. The maximum absolute atomic E-state index is 8.91. The Morgan fingerprint density at radius 2 is 1.71 bits per heavy atom. The van der Waals surface area contributed by atoms with Crippen LogP contribution in [0.3, 0.4) is 0 Å². The fourth-order valence-corrected chi connectivity index (χ4v) is 1.39. The quantitative estimate of drug-likeness (QED) is 0.655. The molecule has 4 heteroatoms. The van der Waals surface area contributed by atoms with E-state index in [2.05, 4.69) is 9.97 Å². The van der Waals surface area contributed by atoms with Gasteiger partial charge in [-0.2, -0.15) is 0 Å². The Bertz CT molecular complexity index is 234. The van der Waals surface area contributed by atoms with Crippen LogP contribution in [0.15, 0.2) is 18.5 Å². The minimum Gasteiger partial charge on any atom is -0.393 e. The first-order valence-corrected chi connectivity index (χ1v) is 4.99. The molecule has 0 aliphatic heterocycles. The first-order valence-electron chi connectivity index (χ1n) is 4.99. The molecule has 14 heavy (non-hydrogen) atoms. The molecule has 1 aliphatic carbocycles. The molecule has 1 saturated carbocycles. The number of aromatic nitrogens is 2. The van der Waals surface area contributed by atoms with E-state index >= 15 is 0 Å². The van der Waals surface area contributed by atoms with Gasteiger partial charge in [-0.1, -0.05) is 19.3 Å². The minimum atomic E-state index is 0.0359. The maximum atomic E-state index is 8.91. The first-order chi connectivity index (χ1) is 6.79. The Morgan fingerprint density at radius 1 is 1.14 bits per heavy atom. The lowest BCUT2D eigenvalue weighted by Crippen LogP contribution is -2.09. The van der Waals surface area contributed by atoms with Gasteiger partial charge in [-0.05, 0) is 18.9 Å². The summed E-state index contributed by atoms with van der Waals surface area (Å²) < 4.78 is 0. The molecule has 1 aromatic heterocycles. The molecule has 1 aromatic rings. The number of hydrogen-bond donors (Lipinski definition) is 2. The molecule has 0 radical (unpaired) electrons. The van der Waals surface area contributed by atoms with Crippen LogP contribution in [0.1, 0.15) is 32.1 Å². The zero-order valence-electron chi connectivity index (χ0n) is 8.26. The molecule has 0 spiro atoms. The number of nitrogen functional groups attached to an aromatic ring is 1. The second kappa shape index (κ2) is 6.32. The van der Waals surface area contributed by atoms with Gasteiger partial charge in [0.15, 0.2) is 0 Å². The van der Waals surface area contributed by atoms with Crippen molar-refractivity contribution in [1.82, 2.24) is 9.97 Å². The third-order valence-corrected chi connectivity index (χ3v) is 2.16. The second-order valence-corrected chi connectivity index (χ2v) is 3.40. The van der Waals surface area contributed by atoms with Crippen LogP contribution < -0.4 is 5.73 Å². The van der Waals surface area contributed by atoms with E-state index in [1.807, 2.05) is 0 Å². The van der Waals surface area contributed by atoms with E-state index in [4.69, 9.17) is 10.8 Å². The van der Waals surface area contributed by atoms with Crippen LogP contribution >= 0.6 is 0 Å². The number of anilines is 1. The Labute approximate surface area is 84.2 Å². The number of aliphatic hydroxyl groups excluding tert-OH is 1. The summed E-state index contributed by atoms with van der Waals surface area (Å²) in [6, 6.07) is 1.72. The largest absolute Gasteiger partial charge is 0.393 e. The molecule has 0 aromatic carbocycles. The van der Waals surface area contributed by atoms with Gasteiger partial charge in [0.05, 0.1) is 6.10 Å². The van der Waals surface area contributed by atoms with Crippen molar-refractivity contribution in [3.8, 4) is 0 Å². The fraction of sp³-hybridized carbons (Fsp3) is 0.600. The van der Waals surface area contributed by atoms with Gasteiger partial charge in [-0.25, -0.2) is 9.97 Å². The predicted molar refractivity (Wildman–Crippen MR) is 55.5 cm³/mol. The molecular formula is C10H17N3O. The molecule has 1 heterocycles. The van der Waals surface area contributed by atoms with Crippen molar-refractivity contribution in [3.05, 3.63) is 18.5 Å².